The molecule has 1 N–H and O–H groups in total. The molecule has 6 heteroatoms. The van der Waals surface area contributed by atoms with Gasteiger partial charge in [-0.25, -0.2) is 0 Å². The van der Waals surface area contributed by atoms with Crippen LogP contribution in [0.3, 0.4) is 0 Å². The first-order valence-electron chi connectivity index (χ1n) is 6.19. The third kappa shape index (κ3) is 4.26. The first kappa shape index (κ1) is 16.0. The molecule has 20 heavy (non-hydrogen) atoms. The van der Waals surface area contributed by atoms with Gasteiger partial charge in [-0.1, -0.05) is 20.3 Å². The van der Waals surface area contributed by atoms with Gasteiger partial charge in [0.1, 0.15) is 6.07 Å². The fourth-order valence-corrected chi connectivity index (χ4v) is 1.58. The molecule has 0 spiro atoms. The molecule has 0 fully saturated rings. The fourth-order valence-electron chi connectivity index (χ4n) is 1.58. The Kier molecular flexibility index (Phi) is 5.14. The Morgan fingerprint density at radius 1 is 1.45 bits per heavy atom. The molecule has 0 bridgehead atoms. The van der Waals surface area contributed by atoms with Crippen molar-refractivity contribution in [2.24, 2.45) is 5.92 Å². The number of nitrogens with zero attached hydrogens (tertiary/aromatic N) is 1. The van der Waals surface area contributed by atoms with Crippen molar-refractivity contribution in [2.45, 2.75) is 32.9 Å². The molecule has 0 aliphatic carbocycles. The van der Waals surface area contributed by atoms with Gasteiger partial charge in [-0.2, -0.15) is 18.4 Å². The molecule has 3 nitrogen and oxygen atoms in total. The Morgan fingerprint density at radius 3 is 2.60 bits per heavy atom. The molecule has 1 aromatic carbocycles. The van der Waals surface area contributed by atoms with Gasteiger partial charge in [-0.05, 0) is 24.1 Å². The number of benzene rings is 1. The molecule has 0 aliphatic heterocycles. The molecule has 1 rings (SSSR count). The summed E-state index contributed by atoms with van der Waals surface area (Å²) in [6.45, 7) is 3.84. The summed E-state index contributed by atoms with van der Waals surface area (Å²) in [6, 6.07) is 4.35. The van der Waals surface area contributed by atoms with Gasteiger partial charge in [0.15, 0.2) is 0 Å². The smallest absolute Gasteiger partial charge is 0.325 e. The van der Waals surface area contributed by atoms with Crippen LogP contribution in [0.4, 0.5) is 18.9 Å². The third-order valence-electron chi connectivity index (χ3n) is 2.97. The summed E-state index contributed by atoms with van der Waals surface area (Å²) in [4.78, 5) is 11.7. The maximum atomic E-state index is 12.5. The lowest BCUT2D eigenvalue weighted by Crippen LogP contribution is -2.16. The molecule has 0 saturated carbocycles. The number of amides is 1. The summed E-state index contributed by atoms with van der Waals surface area (Å²) in [7, 11) is 0. The Bertz CT molecular complexity index is 532. The molecule has 0 aromatic heterocycles. The first-order valence-corrected chi connectivity index (χ1v) is 6.19. The van der Waals surface area contributed by atoms with Crippen molar-refractivity contribution in [3.63, 3.8) is 0 Å². The highest BCUT2D eigenvalue weighted by Gasteiger charge is 2.31. The maximum Gasteiger partial charge on any atom is 0.416 e. The van der Waals surface area contributed by atoms with E-state index in [1.165, 1.54) is 0 Å². The summed E-state index contributed by atoms with van der Waals surface area (Å²) < 4.78 is 37.6. The number of alkyl halides is 3. The minimum atomic E-state index is -4.51. The standard InChI is InChI=1S/C14H15F3N2O/c1-3-9(2)6-13(20)19-12-5-4-11(14(15,16)17)7-10(12)8-18/h4-5,7,9H,3,6H2,1-2H3,(H,19,20). The van der Waals surface area contributed by atoms with Gasteiger partial charge in [0, 0.05) is 6.42 Å². The van der Waals surface area contributed by atoms with E-state index in [4.69, 9.17) is 5.26 Å². The fraction of sp³-hybridized carbons (Fsp3) is 0.429. The molecule has 0 radical (unpaired) electrons. The summed E-state index contributed by atoms with van der Waals surface area (Å²) in [5.41, 5.74) is -1.000. The van der Waals surface area contributed by atoms with Crippen LogP contribution in [0.15, 0.2) is 18.2 Å². The SMILES string of the molecule is CCC(C)CC(=O)Nc1ccc(C(F)(F)F)cc1C#N. The number of halogens is 3. The van der Waals surface area contributed by atoms with E-state index < -0.39 is 11.7 Å². The molecule has 0 aliphatic rings. The second-order valence-electron chi connectivity index (χ2n) is 4.64. The second kappa shape index (κ2) is 6.42. The lowest BCUT2D eigenvalue weighted by atomic mass is 10.0. The number of anilines is 1. The highest BCUT2D eigenvalue weighted by molar-refractivity contribution is 5.92. The lowest BCUT2D eigenvalue weighted by Gasteiger charge is -2.12. The number of rotatable bonds is 4. The minimum Gasteiger partial charge on any atom is -0.325 e. The van der Waals surface area contributed by atoms with E-state index in [1.54, 1.807) is 6.07 Å². The number of nitrogens with one attached hydrogen (secondary N) is 1. The highest BCUT2D eigenvalue weighted by atomic mass is 19.4. The number of nitriles is 1. The summed E-state index contributed by atoms with van der Waals surface area (Å²) >= 11 is 0. The van der Waals surface area contributed by atoms with Gasteiger partial charge in [0.25, 0.3) is 0 Å². The van der Waals surface area contributed by atoms with Crippen LogP contribution in [0, 0.1) is 17.2 Å². The monoisotopic (exact) mass is 284 g/mol. The molecular weight excluding hydrogens is 269 g/mol. The van der Waals surface area contributed by atoms with Crippen molar-refractivity contribution in [3.8, 4) is 6.07 Å². The quantitative estimate of drug-likeness (QED) is 0.910. The van der Waals surface area contributed by atoms with Crippen LogP contribution >= 0.6 is 0 Å². The van der Waals surface area contributed by atoms with E-state index in [1.807, 2.05) is 13.8 Å². The van der Waals surface area contributed by atoms with E-state index in [-0.39, 0.29) is 29.5 Å². The van der Waals surface area contributed by atoms with Crippen molar-refractivity contribution in [1.29, 1.82) is 5.26 Å². The van der Waals surface area contributed by atoms with Crippen molar-refractivity contribution in [1.82, 2.24) is 0 Å². The Labute approximate surface area is 115 Å². The van der Waals surface area contributed by atoms with Gasteiger partial charge in [-0.3, -0.25) is 4.79 Å². The van der Waals surface area contributed by atoms with Crippen LogP contribution in [0.1, 0.15) is 37.8 Å². The van der Waals surface area contributed by atoms with Gasteiger partial charge in [0.2, 0.25) is 5.91 Å². The minimum absolute atomic E-state index is 0.105. The van der Waals surface area contributed by atoms with Crippen molar-refractivity contribution < 1.29 is 18.0 Å². The van der Waals surface area contributed by atoms with Gasteiger partial charge in [-0.15, -0.1) is 0 Å². The van der Waals surface area contributed by atoms with Crippen LogP contribution in [0.5, 0.6) is 0 Å². The molecule has 1 aromatic rings. The predicted molar refractivity (Wildman–Crippen MR) is 68.9 cm³/mol. The maximum absolute atomic E-state index is 12.5. The van der Waals surface area contributed by atoms with Crippen LogP contribution in [-0.2, 0) is 11.0 Å². The Balaban J connectivity index is 2.92. The van der Waals surface area contributed by atoms with Gasteiger partial charge in [0.05, 0.1) is 16.8 Å². The van der Waals surface area contributed by atoms with Crippen molar-refractivity contribution >= 4 is 11.6 Å². The van der Waals surface area contributed by atoms with E-state index >= 15 is 0 Å². The number of hydrogen-bond donors (Lipinski definition) is 1. The van der Waals surface area contributed by atoms with E-state index in [0.717, 1.165) is 24.6 Å². The molecule has 1 atom stereocenters. The molecular formula is C14H15F3N2O. The van der Waals surface area contributed by atoms with Crippen molar-refractivity contribution in [2.75, 3.05) is 5.32 Å². The number of carbonyl (C=O) groups is 1. The zero-order valence-electron chi connectivity index (χ0n) is 11.2. The van der Waals surface area contributed by atoms with E-state index in [9.17, 15) is 18.0 Å². The third-order valence-corrected chi connectivity index (χ3v) is 2.97. The zero-order valence-corrected chi connectivity index (χ0v) is 11.2. The normalized spacial score (nSPS) is 12.6. The molecule has 1 unspecified atom stereocenters. The van der Waals surface area contributed by atoms with E-state index in [0.29, 0.717) is 0 Å². The molecule has 0 saturated heterocycles. The molecule has 108 valence electrons. The van der Waals surface area contributed by atoms with Gasteiger partial charge >= 0.3 is 6.18 Å². The lowest BCUT2D eigenvalue weighted by molar-refractivity contribution is -0.137. The number of carbonyl (C=O) groups excluding carboxylic acids is 1. The topological polar surface area (TPSA) is 52.9 Å². The molecule has 1 amide bonds. The highest BCUT2D eigenvalue weighted by Crippen LogP contribution is 2.31. The Hall–Kier alpha value is -2.03. The van der Waals surface area contributed by atoms with Crippen LogP contribution in [0.25, 0.3) is 0 Å². The average Bonchev–Trinajstić information content (AvgIpc) is 2.37. The van der Waals surface area contributed by atoms with E-state index in [2.05, 4.69) is 5.32 Å². The van der Waals surface area contributed by atoms with Crippen LogP contribution in [0.2, 0.25) is 0 Å². The second-order valence-corrected chi connectivity index (χ2v) is 4.64. The Morgan fingerprint density at radius 2 is 2.10 bits per heavy atom. The van der Waals surface area contributed by atoms with Crippen molar-refractivity contribution in [3.05, 3.63) is 29.3 Å². The summed E-state index contributed by atoms with van der Waals surface area (Å²) in [5.74, 6) is -0.134. The van der Waals surface area contributed by atoms with Crippen LogP contribution in [-0.4, -0.2) is 5.91 Å². The van der Waals surface area contributed by atoms with Gasteiger partial charge < -0.3 is 5.32 Å². The average molecular weight is 284 g/mol. The van der Waals surface area contributed by atoms with Crippen LogP contribution < -0.4 is 5.32 Å². The zero-order chi connectivity index (χ0) is 15.3. The largest absolute Gasteiger partial charge is 0.416 e. The molecule has 0 heterocycles. The summed E-state index contributed by atoms with van der Waals surface area (Å²) in [5, 5.41) is 11.4. The predicted octanol–water partition coefficient (Wildman–Crippen LogP) is 3.95. The number of hydrogen-bond acceptors (Lipinski definition) is 2. The summed E-state index contributed by atoms with van der Waals surface area (Å²) in [6.07, 6.45) is -3.42. The first-order chi connectivity index (χ1) is 9.27.